The molecular formula is C20H24N4O2. The van der Waals surface area contributed by atoms with E-state index in [0.717, 1.165) is 18.4 Å². The molecule has 1 aromatic heterocycles. The number of anilines is 1. The van der Waals surface area contributed by atoms with Gasteiger partial charge in [0.15, 0.2) is 0 Å². The SMILES string of the molecule is O=C(Cc1ccc2c(c1)CCC2)NC[C@@]1(O)CCN(c2ncccn2)C1. The van der Waals surface area contributed by atoms with Crippen molar-refractivity contribution in [2.24, 2.45) is 0 Å². The lowest BCUT2D eigenvalue weighted by Gasteiger charge is -2.23. The van der Waals surface area contributed by atoms with Crippen LogP contribution >= 0.6 is 0 Å². The third-order valence-corrected chi connectivity index (χ3v) is 5.31. The molecular weight excluding hydrogens is 328 g/mol. The minimum atomic E-state index is -0.938. The Morgan fingerprint density at radius 2 is 2.04 bits per heavy atom. The van der Waals surface area contributed by atoms with Gasteiger partial charge in [-0.15, -0.1) is 0 Å². The van der Waals surface area contributed by atoms with Crippen molar-refractivity contribution in [3.05, 3.63) is 53.3 Å². The highest BCUT2D eigenvalue weighted by molar-refractivity contribution is 5.78. The number of β-amino-alcohol motifs (C(OH)–C–C–N with tert-alkyl or cyclic N) is 1. The number of nitrogens with zero attached hydrogens (tertiary/aromatic N) is 3. The van der Waals surface area contributed by atoms with Gasteiger partial charge >= 0.3 is 0 Å². The topological polar surface area (TPSA) is 78.4 Å². The minimum Gasteiger partial charge on any atom is -0.386 e. The van der Waals surface area contributed by atoms with Crippen LogP contribution in [0.25, 0.3) is 0 Å². The molecule has 1 atom stereocenters. The van der Waals surface area contributed by atoms with Crippen LogP contribution < -0.4 is 10.2 Å². The van der Waals surface area contributed by atoms with Gasteiger partial charge in [0, 0.05) is 25.5 Å². The Labute approximate surface area is 153 Å². The Morgan fingerprint density at radius 1 is 1.23 bits per heavy atom. The molecule has 2 aromatic rings. The molecule has 136 valence electrons. The van der Waals surface area contributed by atoms with E-state index in [1.165, 1.54) is 17.5 Å². The molecule has 4 rings (SSSR count). The monoisotopic (exact) mass is 352 g/mol. The third kappa shape index (κ3) is 3.70. The molecule has 6 nitrogen and oxygen atoms in total. The summed E-state index contributed by atoms with van der Waals surface area (Å²) < 4.78 is 0. The second-order valence-electron chi connectivity index (χ2n) is 7.35. The van der Waals surface area contributed by atoms with E-state index in [2.05, 4.69) is 27.4 Å². The van der Waals surface area contributed by atoms with Crippen molar-refractivity contribution in [1.29, 1.82) is 0 Å². The number of amides is 1. The van der Waals surface area contributed by atoms with Crippen molar-refractivity contribution in [3.8, 4) is 0 Å². The number of benzene rings is 1. The molecule has 6 heteroatoms. The van der Waals surface area contributed by atoms with Gasteiger partial charge in [-0.2, -0.15) is 0 Å². The normalized spacial score (nSPS) is 21.7. The van der Waals surface area contributed by atoms with Gasteiger partial charge in [-0.25, -0.2) is 9.97 Å². The van der Waals surface area contributed by atoms with Crippen molar-refractivity contribution in [3.63, 3.8) is 0 Å². The molecule has 0 spiro atoms. The van der Waals surface area contributed by atoms with Crippen LogP contribution in [0.4, 0.5) is 5.95 Å². The Balaban J connectivity index is 1.30. The number of hydrogen-bond donors (Lipinski definition) is 2. The minimum absolute atomic E-state index is 0.0502. The quantitative estimate of drug-likeness (QED) is 0.847. The van der Waals surface area contributed by atoms with Crippen LogP contribution in [0.3, 0.4) is 0 Å². The average molecular weight is 352 g/mol. The molecule has 0 unspecified atom stereocenters. The van der Waals surface area contributed by atoms with Crippen LogP contribution in [0, 0.1) is 0 Å². The molecule has 1 aliphatic carbocycles. The molecule has 26 heavy (non-hydrogen) atoms. The lowest BCUT2D eigenvalue weighted by atomic mass is 10.0. The van der Waals surface area contributed by atoms with E-state index in [0.29, 0.717) is 31.9 Å². The van der Waals surface area contributed by atoms with E-state index in [-0.39, 0.29) is 12.5 Å². The van der Waals surface area contributed by atoms with E-state index in [4.69, 9.17) is 0 Å². The number of hydrogen-bond acceptors (Lipinski definition) is 5. The molecule has 2 N–H and O–H groups in total. The van der Waals surface area contributed by atoms with Crippen molar-refractivity contribution in [2.45, 2.75) is 37.7 Å². The first-order valence-corrected chi connectivity index (χ1v) is 9.23. The summed E-state index contributed by atoms with van der Waals surface area (Å²) in [5.41, 5.74) is 2.90. The smallest absolute Gasteiger partial charge is 0.225 e. The molecule has 1 aromatic carbocycles. The van der Waals surface area contributed by atoms with E-state index in [1.54, 1.807) is 18.5 Å². The number of carbonyl (C=O) groups excluding carboxylic acids is 1. The van der Waals surface area contributed by atoms with Crippen LogP contribution in [-0.4, -0.2) is 46.2 Å². The highest BCUT2D eigenvalue weighted by Gasteiger charge is 2.37. The lowest BCUT2D eigenvalue weighted by Crippen LogP contribution is -2.45. The maximum absolute atomic E-state index is 12.3. The van der Waals surface area contributed by atoms with Gasteiger partial charge in [-0.05, 0) is 48.4 Å². The lowest BCUT2D eigenvalue weighted by molar-refractivity contribution is -0.121. The van der Waals surface area contributed by atoms with Crippen molar-refractivity contribution < 1.29 is 9.90 Å². The molecule has 2 heterocycles. The molecule has 0 saturated carbocycles. The zero-order valence-corrected chi connectivity index (χ0v) is 14.8. The molecule has 1 fully saturated rings. The summed E-state index contributed by atoms with van der Waals surface area (Å²) in [6.07, 6.45) is 7.80. The van der Waals surface area contributed by atoms with Gasteiger partial charge in [0.05, 0.1) is 13.0 Å². The van der Waals surface area contributed by atoms with Crippen molar-refractivity contribution in [2.75, 3.05) is 24.5 Å². The summed E-state index contributed by atoms with van der Waals surface area (Å²) in [5.74, 6) is 0.568. The fourth-order valence-electron chi connectivity index (χ4n) is 3.87. The first kappa shape index (κ1) is 17.0. The highest BCUT2D eigenvalue weighted by Crippen LogP contribution is 2.24. The second kappa shape index (κ2) is 7.03. The fourth-order valence-corrected chi connectivity index (χ4v) is 3.87. The van der Waals surface area contributed by atoms with E-state index >= 15 is 0 Å². The summed E-state index contributed by atoms with van der Waals surface area (Å²) in [6.45, 7) is 1.36. The standard InChI is InChI=1S/C20H24N4O2/c25-18(12-15-5-6-16-3-1-4-17(16)11-15)23-13-20(26)7-10-24(14-20)19-21-8-2-9-22-19/h2,5-6,8-9,11,26H,1,3-4,7,10,12-14H2,(H,23,25)/t20-/m0/s1. The van der Waals surface area contributed by atoms with Crippen LogP contribution in [0.1, 0.15) is 29.5 Å². The van der Waals surface area contributed by atoms with Crippen molar-refractivity contribution >= 4 is 11.9 Å². The van der Waals surface area contributed by atoms with Gasteiger partial charge in [-0.3, -0.25) is 4.79 Å². The Bertz CT molecular complexity index is 796. The van der Waals surface area contributed by atoms with Crippen LogP contribution in [0.2, 0.25) is 0 Å². The molecule has 0 radical (unpaired) electrons. The van der Waals surface area contributed by atoms with Crippen LogP contribution in [0.5, 0.6) is 0 Å². The van der Waals surface area contributed by atoms with Crippen molar-refractivity contribution in [1.82, 2.24) is 15.3 Å². The summed E-state index contributed by atoms with van der Waals surface area (Å²) in [5, 5.41) is 13.6. The Morgan fingerprint density at radius 3 is 2.88 bits per heavy atom. The second-order valence-corrected chi connectivity index (χ2v) is 7.35. The Kier molecular flexibility index (Phi) is 4.59. The molecule has 1 saturated heterocycles. The zero-order valence-electron chi connectivity index (χ0n) is 14.8. The predicted octanol–water partition coefficient (Wildman–Crippen LogP) is 1.27. The summed E-state index contributed by atoms with van der Waals surface area (Å²) >= 11 is 0. The van der Waals surface area contributed by atoms with Gasteiger partial charge in [-0.1, -0.05) is 18.2 Å². The van der Waals surface area contributed by atoms with Crippen LogP contribution in [-0.2, 0) is 24.1 Å². The number of aryl methyl sites for hydroxylation is 2. The maximum atomic E-state index is 12.3. The fraction of sp³-hybridized carbons (Fsp3) is 0.450. The van der Waals surface area contributed by atoms with Gasteiger partial charge < -0.3 is 15.3 Å². The summed E-state index contributed by atoms with van der Waals surface area (Å²) in [6, 6.07) is 8.11. The third-order valence-electron chi connectivity index (χ3n) is 5.31. The molecule has 2 aliphatic rings. The van der Waals surface area contributed by atoms with Crippen LogP contribution in [0.15, 0.2) is 36.7 Å². The molecule has 0 bridgehead atoms. The predicted molar refractivity (Wildman–Crippen MR) is 99.0 cm³/mol. The Hall–Kier alpha value is -2.47. The van der Waals surface area contributed by atoms with Gasteiger partial charge in [0.1, 0.15) is 5.60 Å². The number of aliphatic hydroxyl groups is 1. The number of nitrogens with one attached hydrogen (secondary N) is 1. The molecule has 1 aliphatic heterocycles. The number of fused-ring (bicyclic) bond motifs is 1. The highest BCUT2D eigenvalue weighted by atomic mass is 16.3. The zero-order chi connectivity index (χ0) is 18.0. The number of aromatic nitrogens is 2. The first-order valence-electron chi connectivity index (χ1n) is 9.23. The van der Waals surface area contributed by atoms with Gasteiger partial charge in [0.25, 0.3) is 0 Å². The summed E-state index contributed by atoms with van der Waals surface area (Å²) in [4.78, 5) is 22.7. The largest absolute Gasteiger partial charge is 0.386 e. The van der Waals surface area contributed by atoms with E-state index in [1.807, 2.05) is 11.0 Å². The first-order chi connectivity index (χ1) is 12.6. The summed E-state index contributed by atoms with van der Waals surface area (Å²) in [7, 11) is 0. The number of carbonyl (C=O) groups is 1. The average Bonchev–Trinajstić information content (AvgIpc) is 3.28. The van der Waals surface area contributed by atoms with E-state index in [9.17, 15) is 9.90 Å². The number of rotatable bonds is 5. The molecule has 1 amide bonds. The van der Waals surface area contributed by atoms with Gasteiger partial charge in [0.2, 0.25) is 11.9 Å². The van der Waals surface area contributed by atoms with E-state index < -0.39 is 5.60 Å². The maximum Gasteiger partial charge on any atom is 0.225 e.